The first kappa shape index (κ1) is 9.53. The second kappa shape index (κ2) is 3.62. The second-order valence-corrected chi connectivity index (χ2v) is 4.36. The molecule has 1 N–H and O–H groups in total. The molecule has 74 valence electrons. The number of aryl methyl sites for hydroxylation is 2. The topological polar surface area (TPSA) is 20.2 Å². The van der Waals surface area contributed by atoms with E-state index in [2.05, 4.69) is 25.3 Å². The molecular formula is C12H14OS. The van der Waals surface area contributed by atoms with E-state index in [9.17, 15) is 5.11 Å². The summed E-state index contributed by atoms with van der Waals surface area (Å²) < 4.78 is 1.29. The summed E-state index contributed by atoms with van der Waals surface area (Å²) in [5.41, 5.74) is 2.38. The number of rotatable bonds is 2. The van der Waals surface area contributed by atoms with Crippen LogP contribution in [0, 0.1) is 0 Å². The maximum absolute atomic E-state index is 9.75. The van der Waals surface area contributed by atoms with Gasteiger partial charge in [0.25, 0.3) is 0 Å². The summed E-state index contributed by atoms with van der Waals surface area (Å²) in [5.74, 6) is 0.438. The molecule has 0 amide bonds. The van der Waals surface area contributed by atoms with Gasteiger partial charge in [0.05, 0.1) is 0 Å². The van der Waals surface area contributed by atoms with Gasteiger partial charge in [-0.05, 0) is 46.9 Å². The predicted molar refractivity (Wildman–Crippen MR) is 62.2 cm³/mol. The van der Waals surface area contributed by atoms with Crippen molar-refractivity contribution in [2.24, 2.45) is 0 Å². The number of hydrogen-bond acceptors (Lipinski definition) is 2. The minimum Gasteiger partial charge on any atom is -0.508 e. The first-order chi connectivity index (χ1) is 6.76. The third-order valence-corrected chi connectivity index (χ3v) is 3.61. The van der Waals surface area contributed by atoms with Crippen LogP contribution in [0.2, 0.25) is 0 Å². The average Bonchev–Trinajstić information content (AvgIpc) is 2.58. The van der Waals surface area contributed by atoms with Crippen molar-refractivity contribution >= 4 is 21.4 Å². The summed E-state index contributed by atoms with van der Waals surface area (Å²) in [6.07, 6.45) is 1.92. The Labute approximate surface area is 88.0 Å². The molecule has 0 aliphatic carbocycles. The third-order valence-electron chi connectivity index (χ3n) is 2.62. The van der Waals surface area contributed by atoms with Crippen molar-refractivity contribution in [1.29, 1.82) is 0 Å². The largest absolute Gasteiger partial charge is 0.508 e. The molecule has 14 heavy (non-hydrogen) atoms. The molecule has 1 heterocycles. The smallest absolute Gasteiger partial charge is 0.119 e. The van der Waals surface area contributed by atoms with Gasteiger partial charge in [-0.25, -0.2) is 0 Å². The van der Waals surface area contributed by atoms with Crippen molar-refractivity contribution in [2.75, 3.05) is 0 Å². The van der Waals surface area contributed by atoms with Gasteiger partial charge in [-0.3, -0.25) is 0 Å². The quantitative estimate of drug-likeness (QED) is 0.793. The molecule has 0 saturated heterocycles. The fraction of sp³-hybridized carbons (Fsp3) is 0.333. The molecular weight excluding hydrogens is 192 g/mol. The van der Waals surface area contributed by atoms with Gasteiger partial charge in [-0.15, -0.1) is 11.3 Å². The zero-order chi connectivity index (χ0) is 10.1. The molecule has 2 rings (SSSR count). The first-order valence-electron chi connectivity index (χ1n) is 4.98. The molecule has 0 aliphatic rings. The summed E-state index contributed by atoms with van der Waals surface area (Å²) in [5, 5.41) is 13.2. The van der Waals surface area contributed by atoms with E-state index in [0.29, 0.717) is 5.75 Å². The number of benzene rings is 1. The maximum atomic E-state index is 9.75. The predicted octanol–water partition coefficient (Wildman–Crippen LogP) is 3.73. The summed E-state index contributed by atoms with van der Waals surface area (Å²) in [7, 11) is 0. The van der Waals surface area contributed by atoms with E-state index in [0.717, 1.165) is 18.4 Å². The Balaban J connectivity index is 2.69. The van der Waals surface area contributed by atoms with Gasteiger partial charge in [-0.1, -0.05) is 13.8 Å². The van der Waals surface area contributed by atoms with Crippen LogP contribution in [-0.4, -0.2) is 5.11 Å². The number of thiophene rings is 1. The average molecular weight is 206 g/mol. The molecule has 2 heteroatoms. The molecule has 1 aromatic heterocycles. The standard InChI is InChI=1S/C12H14OS/c1-3-8-5-12-10(6-11(8)13)9(4-2)7-14-12/h5-7,13H,3-4H2,1-2H3. The van der Waals surface area contributed by atoms with E-state index in [1.807, 2.05) is 6.07 Å². The Morgan fingerprint density at radius 1 is 1.14 bits per heavy atom. The number of phenols is 1. The molecule has 0 saturated carbocycles. The molecule has 0 spiro atoms. The lowest BCUT2D eigenvalue weighted by Gasteiger charge is -2.02. The molecule has 0 unspecified atom stereocenters. The van der Waals surface area contributed by atoms with Gasteiger partial charge in [0.1, 0.15) is 5.75 Å². The van der Waals surface area contributed by atoms with Gasteiger partial charge in [0, 0.05) is 4.70 Å². The highest BCUT2D eigenvalue weighted by Crippen LogP contribution is 2.32. The minimum atomic E-state index is 0.438. The van der Waals surface area contributed by atoms with Crippen LogP contribution in [0.1, 0.15) is 25.0 Å². The van der Waals surface area contributed by atoms with Crippen LogP contribution in [0.5, 0.6) is 5.75 Å². The molecule has 2 aromatic rings. The molecule has 1 nitrogen and oxygen atoms in total. The van der Waals surface area contributed by atoms with Crippen LogP contribution >= 0.6 is 11.3 Å². The monoisotopic (exact) mass is 206 g/mol. The van der Waals surface area contributed by atoms with Gasteiger partial charge in [0.2, 0.25) is 0 Å². The van der Waals surface area contributed by atoms with Gasteiger partial charge in [0.15, 0.2) is 0 Å². The van der Waals surface area contributed by atoms with E-state index in [-0.39, 0.29) is 0 Å². The van der Waals surface area contributed by atoms with Crippen molar-refractivity contribution in [3.8, 4) is 5.75 Å². The number of phenolic OH excluding ortho intramolecular Hbond substituents is 1. The zero-order valence-corrected chi connectivity index (χ0v) is 9.32. The van der Waals surface area contributed by atoms with Crippen LogP contribution in [-0.2, 0) is 12.8 Å². The van der Waals surface area contributed by atoms with E-state index in [4.69, 9.17) is 0 Å². The van der Waals surface area contributed by atoms with Gasteiger partial charge >= 0.3 is 0 Å². The fourth-order valence-corrected chi connectivity index (χ4v) is 2.80. The number of hydrogen-bond donors (Lipinski definition) is 1. The van der Waals surface area contributed by atoms with Crippen molar-refractivity contribution < 1.29 is 5.11 Å². The summed E-state index contributed by atoms with van der Waals surface area (Å²) in [6, 6.07) is 4.01. The van der Waals surface area contributed by atoms with Gasteiger partial charge < -0.3 is 5.11 Å². The van der Waals surface area contributed by atoms with Crippen molar-refractivity contribution in [2.45, 2.75) is 26.7 Å². The normalized spacial score (nSPS) is 11.0. The Morgan fingerprint density at radius 2 is 1.86 bits per heavy atom. The Morgan fingerprint density at radius 3 is 2.50 bits per heavy atom. The lowest BCUT2D eigenvalue weighted by atomic mass is 10.1. The summed E-state index contributed by atoms with van der Waals surface area (Å²) in [6.45, 7) is 4.21. The third kappa shape index (κ3) is 1.40. The highest BCUT2D eigenvalue weighted by Gasteiger charge is 2.06. The van der Waals surface area contributed by atoms with Crippen LogP contribution in [0.3, 0.4) is 0 Å². The molecule has 1 aromatic carbocycles. The molecule has 0 bridgehead atoms. The fourth-order valence-electron chi connectivity index (χ4n) is 1.71. The second-order valence-electron chi connectivity index (χ2n) is 3.45. The Bertz CT molecular complexity index is 457. The molecule has 0 radical (unpaired) electrons. The minimum absolute atomic E-state index is 0.438. The van der Waals surface area contributed by atoms with Crippen molar-refractivity contribution in [3.63, 3.8) is 0 Å². The highest BCUT2D eigenvalue weighted by atomic mass is 32.1. The van der Waals surface area contributed by atoms with Crippen LogP contribution in [0.25, 0.3) is 10.1 Å². The molecule has 0 fully saturated rings. The van der Waals surface area contributed by atoms with Crippen LogP contribution < -0.4 is 0 Å². The SMILES string of the molecule is CCc1cc2scc(CC)c2cc1O. The number of fused-ring (bicyclic) bond motifs is 1. The zero-order valence-electron chi connectivity index (χ0n) is 8.50. The van der Waals surface area contributed by atoms with Crippen molar-refractivity contribution in [3.05, 3.63) is 28.6 Å². The number of aromatic hydroxyl groups is 1. The van der Waals surface area contributed by atoms with Crippen molar-refractivity contribution in [1.82, 2.24) is 0 Å². The lowest BCUT2D eigenvalue weighted by Crippen LogP contribution is -1.82. The summed E-state index contributed by atoms with van der Waals surface area (Å²) in [4.78, 5) is 0. The van der Waals surface area contributed by atoms with E-state index in [1.54, 1.807) is 11.3 Å². The lowest BCUT2D eigenvalue weighted by molar-refractivity contribution is 0.470. The maximum Gasteiger partial charge on any atom is 0.119 e. The summed E-state index contributed by atoms with van der Waals surface area (Å²) >= 11 is 1.77. The van der Waals surface area contributed by atoms with Crippen LogP contribution in [0.4, 0.5) is 0 Å². The highest BCUT2D eigenvalue weighted by molar-refractivity contribution is 7.17. The van der Waals surface area contributed by atoms with E-state index >= 15 is 0 Å². The van der Waals surface area contributed by atoms with Crippen LogP contribution in [0.15, 0.2) is 17.5 Å². The molecule has 0 atom stereocenters. The van der Waals surface area contributed by atoms with E-state index in [1.165, 1.54) is 15.6 Å². The Hall–Kier alpha value is -1.02. The van der Waals surface area contributed by atoms with E-state index < -0.39 is 0 Å². The Kier molecular flexibility index (Phi) is 2.46. The molecule has 0 aliphatic heterocycles. The first-order valence-corrected chi connectivity index (χ1v) is 5.86. The van der Waals surface area contributed by atoms with Gasteiger partial charge in [-0.2, -0.15) is 0 Å².